The largest absolute Gasteiger partial charge is 0.496 e. The number of alkyl halides is 3. The van der Waals surface area contributed by atoms with Crippen LogP contribution in [0.15, 0.2) is 40.6 Å². The summed E-state index contributed by atoms with van der Waals surface area (Å²) >= 11 is 1.30. The predicted molar refractivity (Wildman–Crippen MR) is 89.5 cm³/mol. The van der Waals surface area contributed by atoms with Gasteiger partial charge in [-0.2, -0.15) is 13.2 Å². The number of hydrogen-bond donors (Lipinski definition) is 0. The van der Waals surface area contributed by atoms with Gasteiger partial charge in [0.15, 0.2) is 0 Å². The standard InChI is InChI=1S/C15H15F3O2S3/c1-10(13-4-3-7-21-13)23(19)9-11-5-6-12(20-2)14(8-11)22-15(16,17)18/h3-8,10H,9H2,1-2H3/t10-,23+/m0/s1. The van der Waals surface area contributed by atoms with E-state index < -0.39 is 16.3 Å². The summed E-state index contributed by atoms with van der Waals surface area (Å²) in [7, 11) is 0.120. The van der Waals surface area contributed by atoms with Crippen LogP contribution in [0.2, 0.25) is 0 Å². The van der Waals surface area contributed by atoms with Gasteiger partial charge in [-0.3, -0.25) is 4.21 Å². The fraction of sp³-hybridized carbons (Fsp3) is 0.333. The summed E-state index contributed by atoms with van der Waals surface area (Å²) in [6.45, 7) is 1.86. The molecule has 2 rings (SSSR count). The highest BCUT2D eigenvalue weighted by Gasteiger charge is 2.31. The molecule has 0 aliphatic heterocycles. The molecular weight excluding hydrogens is 365 g/mol. The van der Waals surface area contributed by atoms with Gasteiger partial charge in [-0.1, -0.05) is 12.1 Å². The van der Waals surface area contributed by atoms with Crippen LogP contribution in [0.1, 0.15) is 22.6 Å². The Morgan fingerprint density at radius 1 is 1.35 bits per heavy atom. The summed E-state index contributed by atoms with van der Waals surface area (Å²) in [5, 5.41) is 1.75. The van der Waals surface area contributed by atoms with E-state index in [1.54, 1.807) is 6.07 Å². The topological polar surface area (TPSA) is 26.3 Å². The second-order valence-corrected chi connectivity index (χ2v) is 8.56. The molecule has 0 aliphatic rings. The molecule has 2 aromatic rings. The molecule has 0 saturated heterocycles. The Morgan fingerprint density at radius 2 is 2.09 bits per heavy atom. The highest BCUT2D eigenvalue weighted by Crippen LogP contribution is 2.42. The van der Waals surface area contributed by atoms with E-state index in [1.807, 2.05) is 24.4 Å². The Balaban J connectivity index is 2.16. The molecule has 0 N–H and O–H groups in total. The fourth-order valence-electron chi connectivity index (χ4n) is 1.96. The summed E-state index contributed by atoms with van der Waals surface area (Å²) in [6, 6.07) is 8.33. The van der Waals surface area contributed by atoms with Gasteiger partial charge in [-0.15, -0.1) is 11.3 Å². The van der Waals surface area contributed by atoms with Crippen molar-refractivity contribution in [2.45, 2.75) is 28.3 Å². The number of benzene rings is 1. The molecule has 0 radical (unpaired) electrons. The molecule has 0 aliphatic carbocycles. The van der Waals surface area contributed by atoms with Crippen molar-refractivity contribution >= 4 is 33.9 Å². The molecule has 1 heterocycles. The zero-order valence-electron chi connectivity index (χ0n) is 12.4. The molecular formula is C15H15F3O2S3. The highest BCUT2D eigenvalue weighted by molar-refractivity contribution is 8.00. The Labute approximate surface area is 143 Å². The molecule has 0 fully saturated rings. The molecule has 1 aromatic heterocycles. The number of halogens is 3. The first-order valence-corrected chi connectivity index (χ1v) is 9.71. The van der Waals surface area contributed by atoms with Crippen LogP contribution in [0.4, 0.5) is 13.2 Å². The lowest BCUT2D eigenvalue weighted by Crippen LogP contribution is -2.05. The average Bonchev–Trinajstić information content (AvgIpc) is 2.99. The molecule has 8 heteroatoms. The molecule has 1 aromatic carbocycles. The monoisotopic (exact) mass is 380 g/mol. The number of thiophene rings is 1. The summed E-state index contributed by atoms with van der Waals surface area (Å²) in [5.74, 6) is 0.363. The molecule has 2 atom stereocenters. The number of hydrogen-bond acceptors (Lipinski definition) is 4. The van der Waals surface area contributed by atoms with Crippen molar-refractivity contribution in [1.82, 2.24) is 0 Å². The maximum atomic E-state index is 12.6. The van der Waals surface area contributed by atoms with Crippen LogP contribution < -0.4 is 4.74 Å². The van der Waals surface area contributed by atoms with Crippen molar-refractivity contribution in [3.8, 4) is 5.75 Å². The summed E-state index contributed by atoms with van der Waals surface area (Å²) in [4.78, 5) is 0.986. The lowest BCUT2D eigenvalue weighted by molar-refractivity contribution is -0.0328. The lowest BCUT2D eigenvalue weighted by Gasteiger charge is -2.13. The van der Waals surface area contributed by atoms with Crippen molar-refractivity contribution in [3.63, 3.8) is 0 Å². The van der Waals surface area contributed by atoms with Crippen molar-refractivity contribution in [3.05, 3.63) is 46.2 Å². The molecule has 0 bridgehead atoms. The van der Waals surface area contributed by atoms with Crippen molar-refractivity contribution in [2.75, 3.05) is 7.11 Å². The van der Waals surface area contributed by atoms with Gasteiger partial charge in [0.2, 0.25) is 0 Å². The van der Waals surface area contributed by atoms with Crippen molar-refractivity contribution < 1.29 is 22.1 Å². The second kappa shape index (κ2) is 7.72. The first-order chi connectivity index (χ1) is 10.8. The molecule has 23 heavy (non-hydrogen) atoms. The maximum absolute atomic E-state index is 12.6. The van der Waals surface area contributed by atoms with Crippen LogP contribution in [0.25, 0.3) is 0 Å². The van der Waals surface area contributed by atoms with Gasteiger partial charge in [0, 0.05) is 21.4 Å². The first kappa shape index (κ1) is 18.4. The SMILES string of the molecule is COc1ccc(C[S@@](=O)[C@@H](C)c2cccs2)cc1SC(F)(F)F. The van der Waals surface area contributed by atoms with E-state index in [9.17, 15) is 17.4 Å². The molecule has 126 valence electrons. The van der Waals surface area contributed by atoms with Crippen molar-refractivity contribution in [1.29, 1.82) is 0 Å². The van der Waals surface area contributed by atoms with E-state index in [-0.39, 0.29) is 33.4 Å². The fourth-order valence-corrected chi connectivity index (χ4v) is 4.92. The van der Waals surface area contributed by atoms with E-state index in [2.05, 4.69) is 0 Å². The smallest absolute Gasteiger partial charge is 0.446 e. The molecule has 0 saturated carbocycles. The van der Waals surface area contributed by atoms with E-state index in [4.69, 9.17) is 4.74 Å². The Morgan fingerprint density at radius 3 is 2.65 bits per heavy atom. The number of ether oxygens (including phenoxy) is 1. The number of thioether (sulfide) groups is 1. The maximum Gasteiger partial charge on any atom is 0.446 e. The van der Waals surface area contributed by atoms with Gasteiger partial charge in [0.25, 0.3) is 0 Å². The quantitative estimate of drug-likeness (QED) is 0.630. The molecule has 0 amide bonds. The molecule has 2 nitrogen and oxygen atoms in total. The Hall–Kier alpha value is -0.990. The van der Waals surface area contributed by atoms with E-state index >= 15 is 0 Å². The van der Waals surface area contributed by atoms with Gasteiger partial charge in [-0.05, 0) is 47.8 Å². The van der Waals surface area contributed by atoms with Crippen LogP contribution >= 0.6 is 23.1 Å². The van der Waals surface area contributed by atoms with Gasteiger partial charge < -0.3 is 4.74 Å². The summed E-state index contributed by atoms with van der Waals surface area (Å²) in [5.41, 5.74) is -3.80. The third kappa shape index (κ3) is 5.26. The number of methoxy groups -OCH3 is 1. The minimum absolute atomic E-state index is 0.0155. The second-order valence-electron chi connectivity index (χ2n) is 4.72. The lowest BCUT2D eigenvalue weighted by atomic mass is 10.2. The van der Waals surface area contributed by atoms with Gasteiger partial charge in [-0.25, -0.2) is 0 Å². The van der Waals surface area contributed by atoms with Crippen LogP contribution in [-0.2, 0) is 16.6 Å². The van der Waals surface area contributed by atoms with Gasteiger partial charge >= 0.3 is 5.51 Å². The molecule has 0 unspecified atom stereocenters. The van der Waals surface area contributed by atoms with Crippen LogP contribution in [-0.4, -0.2) is 16.8 Å². The van der Waals surface area contributed by atoms with E-state index in [0.29, 0.717) is 5.56 Å². The summed E-state index contributed by atoms with van der Waals surface area (Å²) in [6.07, 6.45) is 0. The van der Waals surface area contributed by atoms with E-state index in [1.165, 1.54) is 30.6 Å². The van der Waals surface area contributed by atoms with Crippen LogP contribution in [0, 0.1) is 0 Å². The van der Waals surface area contributed by atoms with Crippen molar-refractivity contribution in [2.24, 2.45) is 0 Å². The van der Waals surface area contributed by atoms with Crippen LogP contribution in [0.5, 0.6) is 5.75 Å². The third-order valence-electron chi connectivity index (χ3n) is 3.10. The normalized spacial score (nSPS) is 14.5. The average molecular weight is 380 g/mol. The Bertz CT molecular complexity index is 669. The minimum atomic E-state index is -4.39. The predicted octanol–water partition coefficient (Wildman–Crippen LogP) is 5.38. The first-order valence-electron chi connectivity index (χ1n) is 6.63. The zero-order chi connectivity index (χ0) is 17.0. The van der Waals surface area contributed by atoms with E-state index in [0.717, 1.165) is 4.88 Å². The van der Waals surface area contributed by atoms with Crippen LogP contribution in [0.3, 0.4) is 0 Å². The minimum Gasteiger partial charge on any atom is -0.496 e. The highest BCUT2D eigenvalue weighted by atomic mass is 32.2. The molecule has 0 spiro atoms. The Kier molecular flexibility index (Phi) is 6.16. The van der Waals surface area contributed by atoms with Gasteiger partial charge in [0.05, 0.1) is 17.3 Å². The van der Waals surface area contributed by atoms with Gasteiger partial charge in [0.1, 0.15) is 5.75 Å². The third-order valence-corrected chi connectivity index (χ3v) is 6.74. The number of rotatable bonds is 6. The summed E-state index contributed by atoms with van der Waals surface area (Å²) < 4.78 is 55.2. The zero-order valence-corrected chi connectivity index (χ0v) is 14.9.